The van der Waals surface area contributed by atoms with Crippen molar-refractivity contribution in [3.8, 4) is 17.1 Å². The van der Waals surface area contributed by atoms with Crippen LogP contribution < -0.4 is 10.3 Å². The highest BCUT2D eigenvalue weighted by Gasteiger charge is 2.21. The third-order valence-corrected chi connectivity index (χ3v) is 5.35. The Bertz CT molecular complexity index is 1070. The first kappa shape index (κ1) is 20.3. The summed E-state index contributed by atoms with van der Waals surface area (Å²) in [6.07, 6.45) is 1.86. The van der Waals surface area contributed by atoms with E-state index in [1.54, 1.807) is 11.6 Å². The molecule has 0 aliphatic rings. The monoisotopic (exact) mass is 409 g/mol. The van der Waals surface area contributed by atoms with Crippen molar-refractivity contribution in [2.75, 3.05) is 0 Å². The van der Waals surface area contributed by atoms with Gasteiger partial charge in [-0.2, -0.15) is 8.78 Å². The fraction of sp³-hybridized carbons (Fsp3) is 0.400. The Morgan fingerprint density at radius 2 is 1.89 bits per heavy atom. The van der Waals surface area contributed by atoms with Gasteiger partial charge in [0.05, 0.1) is 5.02 Å². The van der Waals surface area contributed by atoms with Gasteiger partial charge in [0.2, 0.25) is 0 Å². The highest BCUT2D eigenvalue weighted by Crippen LogP contribution is 2.32. The predicted octanol–water partition coefficient (Wildman–Crippen LogP) is 5.17. The van der Waals surface area contributed by atoms with Gasteiger partial charge in [-0.05, 0) is 55.5 Å². The van der Waals surface area contributed by atoms with Crippen molar-refractivity contribution >= 4 is 17.1 Å². The number of fused-ring (bicyclic) bond motifs is 1. The topological polar surface area (TPSA) is 48.5 Å². The molecule has 1 aromatic carbocycles. The third-order valence-electron chi connectivity index (χ3n) is 5.04. The second kappa shape index (κ2) is 7.91. The van der Waals surface area contributed by atoms with Crippen LogP contribution in [-0.4, -0.2) is 20.8 Å². The Morgan fingerprint density at radius 3 is 2.46 bits per heavy atom. The quantitative estimate of drug-likeness (QED) is 0.564. The lowest BCUT2D eigenvalue weighted by atomic mass is 9.95. The first-order chi connectivity index (χ1) is 13.3. The molecule has 3 rings (SSSR count). The summed E-state index contributed by atoms with van der Waals surface area (Å²) < 4.78 is 32.3. The van der Waals surface area contributed by atoms with Crippen LogP contribution in [0.5, 0.6) is 5.75 Å². The first-order valence-corrected chi connectivity index (χ1v) is 9.50. The van der Waals surface area contributed by atoms with Gasteiger partial charge in [0.25, 0.3) is 5.56 Å². The number of hydrogen-bond acceptors (Lipinski definition) is 3. The van der Waals surface area contributed by atoms with Crippen LogP contribution in [0, 0.1) is 6.92 Å². The molecular weight excluding hydrogens is 388 g/mol. The molecule has 2 aromatic heterocycles. The lowest BCUT2D eigenvalue weighted by Crippen LogP contribution is -2.24. The van der Waals surface area contributed by atoms with E-state index in [9.17, 15) is 13.6 Å². The second-order valence-corrected chi connectivity index (χ2v) is 7.13. The summed E-state index contributed by atoms with van der Waals surface area (Å²) in [5, 5.41) is 4.81. The van der Waals surface area contributed by atoms with Crippen LogP contribution in [0.4, 0.5) is 8.78 Å². The first-order valence-electron chi connectivity index (χ1n) is 9.12. The fourth-order valence-corrected chi connectivity index (χ4v) is 3.80. The maximum Gasteiger partial charge on any atom is 0.387 e. The van der Waals surface area contributed by atoms with Crippen molar-refractivity contribution in [3.05, 3.63) is 50.9 Å². The number of benzene rings is 1. The molecule has 28 heavy (non-hydrogen) atoms. The molecule has 0 saturated carbocycles. The average molecular weight is 410 g/mol. The van der Waals surface area contributed by atoms with Crippen molar-refractivity contribution < 1.29 is 13.5 Å². The second-order valence-electron chi connectivity index (χ2n) is 6.72. The van der Waals surface area contributed by atoms with E-state index in [2.05, 4.69) is 23.7 Å². The van der Waals surface area contributed by atoms with Crippen LogP contribution in [0.2, 0.25) is 5.02 Å². The molecule has 3 aromatic rings. The number of rotatable bonds is 6. The molecule has 0 saturated heterocycles. The zero-order chi connectivity index (χ0) is 20.6. The van der Waals surface area contributed by atoms with Crippen LogP contribution in [0.3, 0.4) is 0 Å². The minimum absolute atomic E-state index is 0.0528. The van der Waals surface area contributed by atoms with Crippen LogP contribution in [0.25, 0.3) is 16.9 Å². The molecule has 0 aliphatic carbocycles. The average Bonchev–Trinajstić information content (AvgIpc) is 2.96. The van der Waals surface area contributed by atoms with Gasteiger partial charge in [0.1, 0.15) is 11.3 Å². The molecule has 5 nitrogen and oxygen atoms in total. The largest absolute Gasteiger partial charge is 0.435 e. The summed E-state index contributed by atoms with van der Waals surface area (Å²) in [5.41, 5.74) is 2.69. The Hall–Kier alpha value is -2.41. The van der Waals surface area contributed by atoms with Gasteiger partial charge in [-0.3, -0.25) is 9.36 Å². The number of nitrogens with zero attached hydrogens (tertiary/aromatic N) is 3. The van der Waals surface area contributed by atoms with E-state index in [-0.39, 0.29) is 22.2 Å². The summed E-state index contributed by atoms with van der Waals surface area (Å²) >= 11 is 6.27. The molecule has 150 valence electrons. The highest BCUT2D eigenvalue weighted by atomic mass is 35.5. The summed E-state index contributed by atoms with van der Waals surface area (Å²) in [4.78, 5) is 13.2. The number of aromatic nitrogens is 3. The lowest BCUT2D eigenvalue weighted by molar-refractivity contribution is -0.0498. The molecule has 0 spiro atoms. The van der Waals surface area contributed by atoms with Crippen molar-refractivity contribution in [2.24, 2.45) is 7.05 Å². The van der Waals surface area contributed by atoms with E-state index in [4.69, 9.17) is 11.6 Å². The molecule has 0 atom stereocenters. The smallest absolute Gasteiger partial charge is 0.387 e. The van der Waals surface area contributed by atoms with Gasteiger partial charge in [-0.15, -0.1) is 5.10 Å². The standard InChI is InChI=1S/C20H22ClF2N3O2/c1-5-12(6-2)15-9-11(3)26-17(15)19(27)25(4)18(24-26)14-8-7-13(10-16(14)21)28-20(22)23/h7-10,12,20H,5-6H2,1-4H3. The Kier molecular flexibility index (Phi) is 5.74. The zero-order valence-corrected chi connectivity index (χ0v) is 16.9. The predicted molar refractivity (Wildman–Crippen MR) is 106 cm³/mol. The van der Waals surface area contributed by atoms with Crippen molar-refractivity contribution in [2.45, 2.75) is 46.1 Å². The molecule has 0 unspecified atom stereocenters. The number of hydrogen-bond donors (Lipinski definition) is 0. The van der Waals surface area contributed by atoms with E-state index in [1.165, 1.54) is 22.8 Å². The molecule has 0 bridgehead atoms. The SMILES string of the molecule is CCC(CC)c1cc(C)n2nc(-c3ccc(OC(F)F)cc3Cl)n(C)c(=O)c12. The van der Waals surface area contributed by atoms with Gasteiger partial charge in [0, 0.05) is 18.3 Å². The molecule has 8 heteroatoms. The Morgan fingerprint density at radius 1 is 1.21 bits per heavy atom. The van der Waals surface area contributed by atoms with E-state index >= 15 is 0 Å². The maximum atomic E-state index is 13.2. The van der Waals surface area contributed by atoms with Gasteiger partial charge < -0.3 is 4.74 Å². The van der Waals surface area contributed by atoms with Gasteiger partial charge in [-0.25, -0.2) is 4.52 Å². The van der Waals surface area contributed by atoms with Crippen molar-refractivity contribution in [1.82, 2.24) is 14.2 Å². The van der Waals surface area contributed by atoms with Gasteiger partial charge >= 0.3 is 6.61 Å². The third kappa shape index (κ3) is 3.51. The summed E-state index contributed by atoms with van der Waals surface area (Å²) in [7, 11) is 1.63. The number of alkyl halides is 2. The van der Waals surface area contributed by atoms with Crippen molar-refractivity contribution in [1.29, 1.82) is 0 Å². The fourth-order valence-electron chi connectivity index (χ4n) is 3.54. The van der Waals surface area contributed by atoms with Crippen LogP contribution in [0.1, 0.15) is 43.9 Å². The summed E-state index contributed by atoms with van der Waals surface area (Å²) in [6, 6.07) is 6.19. The number of halogens is 3. The minimum Gasteiger partial charge on any atom is -0.435 e. The van der Waals surface area contributed by atoms with E-state index in [0.717, 1.165) is 24.1 Å². The van der Waals surface area contributed by atoms with E-state index in [0.29, 0.717) is 16.9 Å². The number of aryl methyl sites for hydroxylation is 1. The summed E-state index contributed by atoms with van der Waals surface area (Å²) in [6.45, 7) is 3.16. The number of ether oxygens (including phenoxy) is 1. The van der Waals surface area contributed by atoms with E-state index < -0.39 is 6.61 Å². The molecule has 0 N–H and O–H groups in total. The summed E-state index contributed by atoms with van der Waals surface area (Å²) in [5.74, 6) is 0.572. The molecule has 0 aliphatic heterocycles. The lowest BCUT2D eigenvalue weighted by Gasteiger charge is -2.14. The van der Waals surface area contributed by atoms with Gasteiger partial charge in [0.15, 0.2) is 5.82 Å². The molecule has 2 heterocycles. The van der Waals surface area contributed by atoms with Crippen molar-refractivity contribution in [3.63, 3.8) is 0 Å². The van der Waals surface area contributed by atoms with Crippen LogP contribution in [-0.2, 0) is 7.05 Å². The molecular formula is C20H22ClF2N3O2. The van der Waals surface area contributed by atoms with Crippen LogP contribution >= 0.6 is 11.6 Å². The molecule has 0 radical (unpaired) electrons. The van der Waals surface area contributed by atoms with Gasteiger partial charge in [-0.1, -0.05) is 25.4 Å². The zero-order valence-electron chi connectivity index (χ0n) is 16.2. The molecule has 0 fully saturated rings. The maximum absolute atomic E-state index is 13.2. The van der Waals surface area contributed by atoms with Crippen LogP contribution in [0.15, 0.2) is 29.1 Å². The van der Waals surface area contributed by atoms with E-state index in [1.807, 2.05) is 13.0 Å². The molecule has 0 amide bonds. The highest BCUT2D eigenvalue weighted by molar-refractivity contribution is 6.33. The minimum atomic E-state index is -2.94. The normalized spacial score (nSPS) is 11.8. The Balaban J connectivity index is 2.21. The Labute approximate surface area is 166 Å².